The third-order valence-corrected chi connectivity index (χ3v) is 5.30. The highest BCUT2D eigenvalue weighted by Crippen LogP contribution is 2.49. The standard InChI is InChI=1S/C14H21NO3/c1-8-6-15(7-12(8)14(17)18)13(16)11-5-9-2-3-10(11)4-9/h8-12H,2-7H2,1H3,(H,17,18)/t8-,9?,10?,11?,12-/m1/s1. The maximum atomic E-state index is 12.5. The summed E-state index contributed by atoms with van der Waals surface area (Å²) in [5, 5.41) is 9.12. The Morgan fingerprint density at radius 3 is 2.39 bits per heavy atom. The predicted octanol–water partition coefficient (Wildman–Crippen LogP) is 1.60. The molecule has 5 atom stereocenters. The fourth-order valence-electron chi connectivity index (χ4n) is 4.25. The van der Waals surface area contributed by atoms with Crippen LogP contribution in [0.25, 0.3) is 0 Å². The molecule has 3 aliphatic rings. The molecule has 3 rings (SSSR count). The van der Waals surface area contributed by atoms with Crippen molar-refractivity contribution in [1.82, 2.24) is 4.90 Å². The van der Waals surface area contributed by atoms with Gasteiger partial charge in [0.1, 0.15) is 0 Å². The first-order valence-corrected chi connectivity index (χ1v) is 7.08. The van der Waals surface area contributed by atoms with Gasteiger partial charge in [0, 0.05) is 19.0 Å². The highest BCUT2D eigenvalue weighted by atomic mass is 16.4. The van der Waals surface area contributed by atoms with Crippen molar-refractivity contribution in [3.05, 3.63) is 0 Å². The SMILES string of the molecule is C[C@@H]1CN(C(=O)C2CC3CCC2C3)C[C@H]1C(=O)O. The van der Waals surface area contributed by atoms with Gasteiger partial charge in [0.15, 0.2) is 0 Å². The Morgan fingerprint density at radius 2 is 1.89 bits per heavy atom. The number of carboxylic acid groups (broad SMARTS) is 1. The van der Waals surface area contributed by atoms with E-state index in [9.17, 15) is 9.59 Å². The maximum Gasteiger partial charge on any atom is 0.308 e. The zero-order valence-electron chi connectivity index (χ0n) is 10.8. The van der Waals surface area contributed by atoms with E-state index in [2.05, 4.69) is 0 Å². The van der Waals surface area contributed by atoms with Crippen LogP contribution < -0.4 is 0 Å². The second-order valence-electron chi connectivity index (χ2n) is 6.45. The van der Waals surface area contributed by atoms with Crippen molar-refractivity contribution >= 4 is 11.9 Å². The van der Waals surface area contributed by atoms with Gasteiger partial charge in [-0.1, -0.05) is 13.3 Å². The number of nitrogens with zero attached hydrogens (tertiary/aromatic N) is 1. The van der Waals surface area contributed by atoms with Crippen molar-refractivity contribution in [3.63, 3.8) is 0 Å². The van der Waals surface area contributed by atoms with Crippen molar-refractivity contribution in [1.29, 1.82) is 0 Å². The Balaban J connectivity index is 1.66. The lowest BCUT2D eigenvalue weighted by molar-refractivity contribution is -0.142. The molecule has 0 radical (unpaired) electrons. The van der Waals surface area contributed by atoms with E-state index >= 15 is 0 Å². The number of aliphatic carboxylic acids is 1. The number of carbonyl (C=O) groups excluding carboxylic acids is 1. The van der Waals surface area contributed by atoms with E-state index < -0.39 is 5.97 Å². The third-order valence-electron chi connectivity index (χ3n) is 5.30. The molecule has 1 aliphatic heterocycles. The number of hydrogen-bond donors (Lipinski definition) is 1. The molecule has 2 saturated carbocycles. The number of carboxylic acids is 1. The summed E-state index contributed by atoms with van der Waals surface area (Å²) in [5.41, 5.74) is 0. The Morgan fingerprint density at radius 1 is 1.11 bits per heavy atom. The Bertz CT molecular complexity index is 381. The second-order valence-corrected chi connectivity index (χ2v) is 6.45. The van der Waals surface area contributed by atoms with Gasteiger partial charge in [-0.2, -0.15) is 0 Å². The smallest absolute Gasteiger partial charge is 0.308 e. The largest absolute Gasteiger partial charge is 0.481 e. The Labute approximate surface area is 107 Å². The Kier molecular flexibility index (Phi) is 2.83. The molecule has 0 aromatic heterocycles. The summed E-state index contributed by atoms with van der Waals surface area (Å²) in [6, 6.07) is 0. The molecule has 100 valence electrons. The number of likely N-dealkylation sites (tertiary alicyclic amines) is 1. The van der Waals surface area contributed by atoms with Gasteiger partial charge in [-0.15, -0.1) is 0 Å². The molecule has 2 aliphatic carbocycles. The van der Waals surface area contributed by atoms with Crippen LogP contribution in [-0.2, 0) is 9.59 Å². The molecule has 1 N–H and O–H groups in total. The minimum atomic E-state index is -0.759. The molecule has 4 nitrogen and oxygen atoms in total. The molecule has 1 heterocycles. The average Bonchev–Trinajstić information content (AvgIpc) is 3.01. The van der Waals surface area contributed by atoms with E-state index in [-0.39, 0.29) is 23.7 Å². The lowest BCUT2D eigenvalue weighted by Crippen LogP contribution is -2.37. The maximum absolute atomic E-state index is 12.5. The van der Waals surface area contributed by atoms with E-state index in [0.717, 1.165) is 12.3 Å². The van der Waals surface area contributed by atoms with Gasteiger partial charge in [0.2, 0.25) is 5.91 Å². The number of amides is 1. The molecule has 0 aromatic carbocycles. The quantitative estimate of drug-likeness (QED) is 0.811. The van der Waals surface area contributed by atoms with Crippen molar-refractivity contribution < 1.29 is 14.7 Å². The first-order chi connectivity index (χ1) is 8.56. The van der Waals surface area contributed by atoms with E-state index in [4.69, 9.17) is 5.11 Å². The highest BCUT2D eigenvalue weighted by molar-refractivity contribution is 5.81. The lowest BCUT2D eigenvalue weighted by atomic mass is 9.88. The van der Waals surface area contributed by atoms with Crippen LogP contribution in [0.3, 0.4) is 0 Å². The zero-order valence-corrected chi connectivity index (χ0v) is 10.8. The summed E-state index contributed by atoms with van der Waals surface area (Å²) in [7, 11) is 0. The van der Waals surface area contributed by atoms with E-state index in [0.29, 0.717) is 19.0 Å². The minimum Gasteiger partial charge on any atom is -0.481 e. The van der Waals surface area contributed by atoms with Gasteiger partial charge in [-0.25, -0.2) is 0 Å². The number of fused-ring (bicyclic) bond motifs is 2. The second kappa shape index (κ2) is 4.25. The molecule has 4 heteroatoms. The van der Waals surface area contributed by atoms with Gasteiger partial charge >= 0.3 is 5.97 Å². The highest BCUT2D eigenvalue weighted by Gasteiger charge is 2.46. The van der Waals surface area contributed by atoms with Gasteiger partial charge in [-0.05, 0) is 37.0 Å². The monoisotopic (exact) mass is 251 g/mol. The van der Waals surface area contributed by atoms with Crippen molar-refractivity contribution in [2.75, 3.05) is 13.1 Å². The van der Waals surface area contributed by atoms with E-state index in [1.54, 1.807) is 0 Å². The fraction of sp³-hybridized carbons (Fsp3) is 0.857. The average molecular weight is 251 g/mol. The van der Waals surface area contributed by atoms with E-state index in [1.165, 1.54) is 19.3 Å². The van der Waals surface area contributed by atoms with Gasteiger partial charge in [0.25, 0.3) is 0 Å². The first kappa shape index (κ1) is 12.0. The summed E-state index contributed by atoms with van der Waals surface area (Å²) in [5.74, 6) is 0.741. The number of hydrogen-bond acceptors (Lipinski definition) is 2. The van der Waals surface area contributed by atoms with Crippen LogP contribution in [0.5, 0.6) is 0 Å². The van der Waals surface area contributed by atoms with Gasteiger partial charge in [-0.3, -0.25) is 9.59 Å². The summed E-state index contributed by atoms with van der Waals surface area (Å²) >= 11 is 0. The third kappa shape index (κ3) is 1.82. The van der Waals surface area contributed by atoms with Crippen LogP contribution in [-0.4, -0.2) is 35.0 Å². The molecule has 3 fully saturated rings. The lowest BCUT2D eigenvalue weighted by Gasteiger charge is -2.26. The molecule has 0 aromatic rings. The van der Waals surface area contributed by atoms with E-state index in [1.807, 2.05) is 11.8 Å². The first-order valence-electron chi connectivity index (χ1n) is 7.08. The Hall–Kier alpha value is -1.06. The van der Waals surface area contributed by atoms with Crippen LogP contribution in [0.1, 0.15) is 32.6 Å². The number of rotatable bonds is 2. The number of carbonyl (C=O) groups is 2. The topological polar surface area (TPSA) is 57.6 Å². The normalized spacial score (nSPS) is 42.5. The van der Waals surface area contributed by atoms with Crippen molar-refractivity contribution in [2.45, 2.75) is 32.6 Å². The molecular formula is C14H21NO3. The molecule has 3 unspecified atom stereocenters. The van der Waals surface area contributed by atoms with Gasteiger partial charge in [0.05, 0.1) is 5.92 Å². The summed E-state index contributed by atoms with van der Waals surface area (Å²) in [6.45, 7) is 2.99. The summed E-state index contributed by atoms with van der Waals surface area (Å²) in [6.07, 6.45) is 4.77. The van der Waals surface area contributed by atoms with Crippen LogP contribution >= 0.6 is 0 Å². The molecular weight excluding hydrogens is 230 g/mol. The molecule has 1 saturated heterocycles. The van der Waals surface area contributed by atoms with Crippen molar-refractivity contribution in [3.8, 4) is 0 Å². The predicted molar refractivity (Wildman–Crippen MR) is 65.8 cm³/mol. The summed E-state index contributed by atoms with van der Waals surface area (Å²) < 4.78 is 0. The molecule has 2 bridgehead atoms. The van der Waals surface area contributed by atoms with Crippen LogP contribution in [0, 0.1) is 29.6 Å². The minimum absolute atomic E-state index is 0.0880. The summed E-state index contributed by atoms with van der Waals surface area (Å²) in [4.78, 5) is 25.4. The van der Waals surface area contributed by atoms with Crippen LogP contribution in [0.4, 0.5) is 0 Å². The fourth-order valence-corrected chi connectivity index (χ4v) is 4.25. The van der Waals surface area contributed by atoms with Gasteiger partial charge < -0.3 is 10.0 Å². The molecule has 0 spiro atoms. The van der Waals surface area contributed by atoms with Crippen LogP contribution in [0.2, 0.25) is 0 Å². The van der Waals surface area contributed by atoms with Crippen LogP contribution in [0.15, 0.2) is 0 Å². The zero-order chi connectivity index (χ0) is 12.9. The molecule has 18 heavy (non-hydrogen) atoms. The molecule has 1 amide bonds. The van der Waals surface area contributed by atoms with Crippen molar-refractivity contribution in [2.24, 2.45) is 29.6 Å².